The van der Waals surface area contributed by atoms with Crippen molar-refractivity contribution in [1.29, 1.82) is 0 Å². The molecule has 0 N–H and O–H groups in total. The predicted octanol–water partition coefficient (Wildman–Crippen LogP) is 6.15. The zero-order chi connectivity index (χ0) is 21.5. The lowest BCUT2D eigenvalue weighted by atomic mass is 10.2. The molecule has 1 saturated heterocycles. The molecule has 1 amide bonds. The average molecular weight is 430 g/mol. The van der Waals surface area contributed by atoms with Gasteiger partial charge in [0.05, 0.1) is 4.91 Å². The molecule has 0 bridgehead atoms. The summed E-state index contributed by atoms with van der Waals surface area (Å²) in [4.78, 5) is 20.2. The summed E-state index contributed by atoms with van der Waals surface area (Å²) >= 11 is 7.80. The van der Waals surface area contributed by atoms with Crippen LogP contribution in [0.15, 0.2) is 34.2 Å². The number of carbonyl (C=O) groups excluding carboxylic acids is 1. The van der Waals surface area contributed by atoms with Crippen LogP contribution in [0.1, 0.15) is 50.2 Å². The van der Waals surface area contributed by atoms with Gasteiger partial charge in [-0.05, 0) is 95.6 Å². The maximum absolute atomic E-state index is 13.0. The molecule has 0 radical (unpaired) electrons. The fourth-order valence-corrected chi connectivity index (χ4v) is 4.93. The molecule has 1 aromatic carbocycles. The molecule has 0 atom stereocenters. The van der Waals surface area contributed by atoms with Gasteiger partial charge in [0, 0.05) is 34.2 Å². The highest BCUT2D eigenvalue weighted by Crippen LogP contribution is 2.36. The van der Waals surface area contributed by atoms with Gasteiger partial charge in [-0.15, -0.1) is 0 Å². The van der Waals surface area contributed by atoms with E-state index in [9.17, 15) is 4.79 Å². The lowest BCUT2D eigenvalue weighted by Crippen LogP contribution is -2.35. The normalized spacial score (nSPS) is 17.6. The number of carbonyl (C=O) groups is 1. The Morgan fingerprint density at radius 2 is 1.83 bits per heavy atom. The van der Waals surface area contributed by atoms with Gasteiger partial charge in [-0.2, -0.15) is 0 Å². The van der Waals surface area contributed by atoms with E-state index in [0.717, 1.165) is 38.4 Å². The lowest BCUT2D eigenvalue weighted by Gasteiger charge is -2.20. The van der Waals surface area contributed by atoms with Crippen LogP contribution in [-0.2, 0) is 4.79 Å². The first-order valence-electron chi connectivity index (χ1n) is 9.87. The maximum Gasteiger partial charge on any atom is 0.266 e. The molecule has 0 spiro atoms. The van der Waals surface area contributed by atoms with Gasteiger partial charge in [0.15, 0.2) is 5.17 Å². The number of rotatable bonds is 4. The Hall–Kier alpha value is -1.98. The lowest BCUT2D eigenvalue weighted by molar-refractivity contribution is -0.123. The number of halogens is 1. The van der Waals surface area contributed by atoms with Crippen molar-refractivity contribution in [2.75, 3.05) is 0 Å². The summed E-state index contributed by atoms with van der Waals surface area (Å²) in [6.45, 7) is 14.3. The summed E-state index contributed by atoms with van der Waals surface area (Å²) in [7, 11) is 0. The molecule has 154 valence electrons. The van der Waals surface area contributed by atoms with Crippen molar-refractivity contribution < 1.29 is 4.79 Å². The first-order chi connectivity index (χ1) is 13.6. The third-order valence-corrected chi connectivity index (χ3v) is 6.37. The van der Waals surface area contributed by atoms with Gasteiger partial charge in [0.2, 0.25) is 0 Å². The minimum absolute atomic E-state index is 0.0214. The number of aryl methyl sites for hydroxylation is 1. The third-order valence-electron chi connectivity index (χ3n) is 4.96. The fraction of sp³-hybridized carbons (Fsp3) is 0.391. The largest absolute Gasteiger partial charge is 0.318 e. The van der Waals surface area contributed by atoms with Gasteiger partial charge in [-0.25, -0.2) is 0 Å². The predicted molar refractivity (Wildman–Crippen MR) is 125 cm³/mol. The second kappa shape index (κ2) is 8.41. The van der Waals surface area contributed by atoms with Gasteiger partial charge < -0.3 is 4.57 Å². The third kappa shape index (κ3) is 4.17. The molecule has 1 aliphatic rings. The van der Waals surface area contributed by atoms with Crippen LogP contribution in [0, 0.1) is 20.8 Å². The number of amidine groups is 1. The number of aliphatic imine (C=N–C) groups is 1. The molecule has 1 aromatic heterocycles. The summed E-state index contributed by atoms with van der Waals surface area (Å²) in [6, 6.07) is 8.27. The van der Waals surface area contributed by atoms with Crippen molar-refractivity contribution in [3.05, 3.63) is 56.7 Å². The number of benzene rings is 1. The summed E-state index contributed by atoms with van der Waals surface area (Å²) in [5, 5.41) is 1.53. The van der Waals surface area contributed by atoms with Crippen molar-refractivity contribution in [3.63, 3.8) is 0 Å². The molecular formula is C23H28ClN3OS. The van der Waals surface area contributed by atoms with Gasteiger partial charge >= 0.3 is 0 Å². The summed E-state index contributed by atoms with van der Waals surface area (Å²) in [5.74, 6) is 0.0214. The highest BCUT2D eigenvalue weighted by Gasteiger charge is 2.35. The first-order valence-corrected chi connectivity index (χ1v) is 11.1. The zero-order valence-corrected chi connectivity index (χ0v) is 19.6. The van der Waals surface area contributed by atoms with Crippen LogP contribution in [0.4, 0.5) is 0 Å². The summed E-state index contributed by atoms with van der Waals surface area (Å²) < 4.78 is 2.20. The van der Waals surface area contributed by atoms with Gasteiger partial charge in [0.1, 0.15) is 0 Å². The van der Waals surface area contributed by atoms with E-state index in [0.29, 0.717) is 4.91 Å². The zero-order valence-electron chi connectivity index (χ0n) is 18.1. The van der Waals surface area contributed by atoms with Crippen LogP contribution in [0.3, 0.4) is 0 Å². The monoisotopic (exact) mass is 429 g/mol. The number of amides is 1. The van der Waals surface area contributed by atoms with Gasteiger partial charge in [-0.3, -0.25) is 14.7 Å². The van der Waals surface area contributed by atoms with E-state index in [-0.39, 0.29) is 18.0 Å². The Bertz CT molecular complexity index is 1020. The topological polar surface area (TPSA) is 37.6 Å². The van der Waals surface area contributed by atoms with E-state index >= 15 is 0 Å². The van der Waals surface area contributed by atoms with Crippen LogP contribution < -0.4 is 0 Å². The summed E-state index contributed by atoms with van der Waals surface area (Å²) in [5.41, 5.74) is 5.32. The molecule has 3 rings (SSSR count). The van der Waals surface area contributed by atoms with Crippen molar-refractivity contribution in [2.45, 2.75) is 60.5 Å². The molecule has 0 aliphatic carbocycles. The Morgan fingerprint density at radius 1 is 1.14 bits per heavy atom. The van der Waals surface area contributed by atoms with E-state index in [4.69, 9.17) is 11.6 Å². The highest BCUT2D eigenvalue weighted by atomic mass is 35.5. The minimum Gasteiger partial charge on any atom is -0.318 e. The highest BCUT2D eigenvalue weighted by molar-refractivity contribution is 8.18. The van der Waals surface area contributed by atoms with E-state index < -0.39 is 0 Å². The Morgan fingerprint density at radius 3 is 2.45 bits per heavy atom. The van der Waals surface area contributed by atoms with Gasteiger partial charge in [0.25, 0.3) is 5.91 Å². The van der Waals surface area contributed by atoms with Crippen molar-refractivity contribution >= 4 is 40.5 Å². The fourth-order valence-electron chi connectivity index (χ4n) is 3.54. The van der Waals surface area contributed by atoms with E-state index in [1.165, 1.54) is 11.8 Å². The Labute approximate surface area is 182 Å². The van der Waals surface area contributed by atoms with Crippen LogP contribution >= 0.6 is 23.4 Å². The number of hydrogen-bond acceptors (Lipinski definition) is 3. The standard InChI is InChI=1S/C23H28ClN3OS/c1-13(2)25-23-26(14(3)4)22(28)21(29-23)12-18-11-15(5)27(17(18)7)20-10-8-9-19(24)16(20)6/h8-14H,1-7H3/b21-12+,25-23?. The van der Waals surface area contributed by atoms with Crippen LogP contribution in [0.5, 0.6) is 0 Å². The molecule has 29 heavy (non-hydrogen) atoms. The molecule has 2 heterocycles. The minimum atomic E-state index is 0.0214. The molecule has 1 aliphatic heterocycles. The molecule has 0 unspecified atom stereocenters. The number of hydrogen-bond donors (Lipinski definition) is 0. The molecule has 6 heteroatoms. The maximum atomic E-state index is 13.0. The molecule has 0 saturated carbocycles. The van der Waals surface area contributed by atoms with Crippen LogP contribution in [-0.4, -0.2) is 32.6 Å². The SMILES string of the molecule is Cc1c(Cl)cccc1-n1c(C)cc(/C=C2/SC(=NC(C)C)N(C(C)C)C2=O)c1C. The summed E-state index contributed by atoms with van der Waals surface area (Å²) in [6.07, 6.45) is 1.99. The van der Waals surface area contributed by atoms with Crippen LogP contribution in [0.2, 0.25) is 5.02 Å². The smallest absolute Gasteiger partial charge is 0.266 e. The molecule has 4 nitrogen and oxygen atoms in total. The average Bonchev–Trinajstić information content (AvgIpc) is 3.07. The number of thioether (sulfide) groups is 1. The second-order valence-electron chi connectivity index (χ2n) is 7.93. The molecular weight excluding hydrogens is 402 g/mol. The first kappa shape index (κ1) is 21.7. The van der Waals surface area contributed by atoms with E-state index in [1.807, 2.05) is 52.8 Å². The van der Waals surface area contributed by atoms with E-state index in [1.54, 1.807) is 4.90 Å². The van der Waals surface area contributed by atoms with Crippen molar-refractivity contribution in [1.82, 2.24) is 9.47 Å². The van der Waals surface area contributed by atoms with E-state index in [2.05, 4.69) is 35.5 Å². The molecule has 1 fully saturated rings. The quantitative estimate of drug-likeness (QED) is 0.547. The number of aromatic nitrogens is 1. The number of nitrogens with zero attached hydrogens (tertiary/aromatic N) is 3. The van der Waals surface area contributed by atoms with Gasteiger partial charge in [-0.1, -0.05) is 17.7 Å². The van der Waals surface area contributed by atoms with Crippen molar-refractivity contribution in [3.8, 4) is 5.69 Å². The Balaban J connectivity index is 2.06. The second-order valence-corrected chi connectivity index (χ2v) is 9.35. The Kier molecular flexibility index (Phi) is 6.30. The van der Waals surface area contributed by atoms with Crippen LogP contribution in [0.25, 0.3) is 11.8 Å². The molecule has 2 aromatic rings. The van der Waals surface area contributed by atoms with Crippen molar-refractivity contribution in [2.24, 2.45) is 4.99 Å².